The molecule has 39 heavy (non-hydrogen) atoms. The summed E-state index contributed by atoms with van der Waals surface area (Å²) in [5.74, 6) is 0.0241. The number of ether oxygens (including phenoxy) is 2. The van der Waals surface area contributed by atoms with Crippen molar-refractivity contribution in [1.82, 2.24) is 9.99 Å². The quantitative estimate of drug-likeness (QED) is 0.184. The lowest BCUT2D eigenvalue weighted by Crippen LogP contribution is -2.34. The van der Waals surface area contributed by atoms with Crippen molar-refractivity contribution in [1.29, 1.82) is 5.26 Å². The molecule has 1 N–H and O–H groups in total. The summed E-state index contributed by atoms with van der Waals surface area (Å²) in [7, 11) is -1.38. The minimum atomic E-state index is -1.38. The number of fused-ring (bicyclic) bond motifs is 3. The van der Waals surface area contributed by atoms with Crippen LogP contribution in [0.5, 0.6) is 0 Å². The van der Waals surface area contributed by atoms with Gasteiger partial charge in [0.25, 0.3) is 8.53 Å². The second kappa shape index (κ2) is 15.9. The van der Waals surface area contributed by atoms with Gasteiger partial charge in [0.2, 0.25) is 0 Å². The molecule has 0 bridgehead atoms. The molecule has 212 valence electrons. The molecule has 2 unspecified atom stereocenters. The van der Waals surface area contributed by atoms with Crippen LogP contribution in [0.1, 0.15) is 65.9 Å². The number of alkyl carbamates (subject to hydrolysis) is 1. The van der Waals surface area contributed by atoms with Crippen molar-refractivity contribution >= 4 is 14.6 Å². The van der Waals surface area contributed by atoms with E-state index < -0.39 is 20.7 Å². The molecule has 3 rings (SSSR count). The Morgan fingerprint density at radius 3 is 2.28 bits per heavy atom. The lowest BCUT2D eigenvalue weighted by Gasteiger charge is -2.36. The highest BCUT2D eigenvalue weighted by Gasteiger charge is 2.29. The number of amides is 1. The Bertz CT molecular complexity index is 1060. The van der Waals surface area contributed by atoms with E-state index in [0.717, 1.165) is 0 Å². The van der Waals surface area contributed by atoms with E-state index in [1.54, 1.807) is 0 Å². The van der Waals surface area contributed by atoms with Crippen LogP contribution in [0.15, 0.2) is 48.5 Å². The lowest BCUT2D eigenvalue weighted by atomic mass is 9.98. The molecule has 2 aromatic rings. The molecule has 1 aliphatic rings. The molecule has 1 aliphatic carbocycles. The fraction of sp³-hybridized carbons (Fsp3) is 0.533. The van der Waals surface area contributed by atoms with E-state index in [4.69, 9.17) is 25.2 Å². The first kappa shape index (κ1) is 29.5. The van der Waals surface area contributed by atoms with Crippen LogP contribution in [0.2, 0.25) is 0 Å². The number of nitrogens with one attached hydrogen (secondary N) is 1. The number of nitrogens with zero attached hydrogens (tertiary/aromatic N) is 2. The predicted molar refractivity (Wildman–Crippen MR) is 154 cm³/mol. The number of nitriles is 1. The maximum Gasteiger partial charge on any atom is 0.407 e. The van der Waals surface area contributed by atoms with Crippen molar-refractivity contribution in [3.05, 3.63) is 59.7 Å². The van der Waals surface area contributed by atoms with Gasteiger partial charge >= 0.3 is 6.09 Å². The third kappa shape index (κ3) is 8.99. The largest absolute Gasteiger partial charge is 0.449 e. The van der Waals surface area contributed by atoms with Gasteiger partial charge in [-0.1, -0.05) is 48.5 Å². The van der Waals surface area contributed by atoms with Crippen molar-refractivity contribution in [3.63, 3.8) is 0 Å². The van der Waals surface area contributed by atoms with Gasteiger partial charge in [-0.25, -0.2) is 9.46 Å². The minimum Gasteiger partial charge on any atom is -0.449 e. The van der Waals surface area contributed by atoms with E-state index in [0.29, 0.717) is 32.6 Å². The van der Waals surface area contributed by atoms with E-state index in [1.807, 2.05) is 24.3 Å². The number of hydrogen-bond donors (Lipinski definition) is 1. The summed E-state index contributed by atoms with van der Waals surface area (Å²) in [5.41, 5.74) is 4.74. The van der Waals surface area contributed by atoms with Crippen LogP contribution in [0.4, 0.5) is 4.79 Å². The molecule has 0 radical (unpaired) electrons. The van der Waals surface area contributed by atoms with Crippen LogP contribution < -0.4 is 5.32 Å². The molecule has 2 atom stereocenters. The van der Waals surface area contributed by atoms with E-state index in [2.05, 4.69) is 68.0 Å². The molecule has 0 aromatic heterocycles. The normalized spacial score (nSPS) is 14.6. The molecule has 0 heterocycles. The summed E-state index contributed by atoms with van der Waals surface area (Å²) < 4.78 is 33.4. The number of rotatable bonds is 16. The van der Waals surface area contributed by atoms with Gasteiger partial charge in [0, 0.05) is 32.5 Å². The molecule has 0 aliphatic heterocycles. The number of benzene rings is 2. The Labute approximate surface area is 236 Å². The Morgan fingerprint density at radius 1 is 1.05 bits per heavy atom. The summed E-state index contributed by atoms with van der Waals surface area (Å²) in [6.07, 6.45) is 0.00420. The zero-order valence-corrected chi connectivity index (χ0v) is 24.4. The van der Waals surface area contributed by atoms with Gasteiger partial charge in [0.05, 0.1) is 31.8 Å². The van der Waals surface area contributed by atoms with Crippen molar-refractivity contribution in [2.45, 2.75) is 71.5 Å². The molecular formula is C30H42N3O5P. The highest BCUT2D eigenvalue weighted by Crippen LogP contribution is 2.46. The molecule has 0 fully saturated rings. The monoisotopic (exact) mass is 556 g/mol. The van der Waals surface area contributed by atoms with Gasteiger partial charge in [-0.15, -0.1) is 0 Å². The molecule has 0 spiro atoms. The van der Waals surface area contributed by atoms with Gasteiger partial charge in [-0.2, -0.15) is 5.26 Å². The summed E-state index contributed by atoms with van der Waals surface area (Å²) >= 11 is 0. The molecule has 8 nitrogen and oxygen atoms in total. The molecule has 0 saturated carbocycles. The fourth-order valence-electron chi connectivity index (χ4n) is 4.67. The molecule has 1 amide bonds. The van der Waals surface area contributed by atoms with Gasteiger partial charge in [0.1, 0.15) is 6.61 Å². The minimum absolute atomic E-state index is 0.0241. The Morgan fingerprint density at radius 2 is 1.69 bits per heavy atom. The predicted octanol–water partition coefficient (Wildman–Crippen LogP) is 6.61. The zero-order chi connectivity index (χ0) is 28.9. The second-order valence-corrected chi connectivity index (χ2v) is 11.4. The maximum absolute atomic E-state index is 12.4. The molecule has 9 heteroatoms. The highest BCUT2D eigenvalue weighted by molar-refractivity contribution is 7.44. The first-order chi connectivity index (χ1) is 19.4. The molecule has 0 saturated heterocycles. The van der Waals surface area contributed by atoms with E-state index >= 15 is 0 Å². The van der Waals surface area contributed by atoms with Crippen molar-refractivity contribution in [3.8, 4) is 17.2 Å². The van der Waals surface area contributed by atoms with E-state index in [1.165, 1.54) is 22.3 Å². The van der Waals surface area contributed by atoms with Crippen molar-refractivity contribution in [2.24, 2.45) is 0 Å². The Hall–Kier alpha value is -2.53. The third-order valence-corrected chi connectivity index (χ3v) is 8.40. The number of hydrogen-bond acceptors (Lipinski definition) is 7. The van der Waals surface area contributed by atoms with Crippen LogP contribution in [0, 0.1) is 11.3 Å². The van der Waals surface area contributed by atoms with Crippen LogP contribution in [-0.2, 0) is 18.5 Å². The first-order valence-corrected chi connectivity index (χ1v) is 14.7. The summed E-state index contributed by atoms with van der Waals surface area (Å²) in [4.78, 5) is 12.4. The first-order valence-electron chi connectivity index (χ1n) is 14.3. The van der Waals surface area contributed by atoms with E-state index in [9.17, 15) is 4.79 Å². The Balaban J connectivity index is 1.38. The van der Waals surface area contributed by atoms with Crippen molar-refractivity contribution in [2.75, 3.05) is 33.0 Å². The van der Waals surface area contributed by atoms with Gasteiger partial charge in [-0.3, -0.25) is 0 Å². The summed E-state index contributed by atoms with van der Waals surface area (Å²) in [6, 6.07) is 19.0. The Kier molecular flexibility index (Phi) is 12.0. The molecular weight excluding hydrogens is 513 g/mol. The number of carbonyl (C=O) groups excluding carboxylic acids is 1. The third-order valence-electron chi connectivity index (χ3n) is 6.32. The zero-order valence-electron chi connectivity index (χ0n) is 24.5. The molecule has 2 aromatic carbocycles. The number of carbonyl (C=O) groups is 1. The average Bonchev–Trinajstić information content (AvgIpc) is 3.26. The fourth-order valence-corrected chi connectivity index (χ4v) is 6.31. The average molecular weight is 557 g/mol. The van der Waals surface area contributed by atoms with Crippen LogP contribution in [-0.4, -0.2) is 61.9 Å². The van der Waals surface area contributed by atoms with Gasteiger partial charge < -0.3 is 23.8 Å². The SMILES string of the molecule is [2H]CC(COP(OCCC#N)N(C(C)C)C(C)C)OCCCNC(=O)OCC1c2ccccc2-c2ccccc21. The maximum atomic E-state index is 12.4. The van der Waals surface area contributed by atoms with Gasteiger partial charge in [-0.05, 0) is 63.3 Å². The smallest absolute Gasteiger partial charge is 0.407 e. The topological polar surface area (TPSA) is 93.0 Å². The van der Waals surface area contributed by atoms with Crippen molar-refractivity contribution < 1.29 is 24.7 Å². The highest BCUT2D eigenvalue weighted by atomic mass is 31.2. The van der Waals surface area contributed by atoms with Crippen LogP contribution >= 0.6 is 8.53 Å². The van der Waals surface area contributed by atoms with Gasteiger partial charge in [0.15, 0.2) is 0 Å². The lowest BCUT2D eigenvalue weighted by molar-refractivity contribution is 0.0251. The second-order valence-electron chi connectivity index (χ2n) is 9.94. The summed E-state index contributed by atoms with van der Waals surface area (Å²) in [6.45, 7) is 9.93. The summed E-state index contributed by atoms with van der Waals surface area (Å²) in [5, 5.41) is 11.7. The standard InChI is InChI=1S/C30H42N3O5P/c1-22(2)33(23(3)4)39(37-19-10-16-31)38-20-24(5)35-18-11-17-32-30(34)36-21-29-27-14-8-6-12-25(27)26-13-7-9-15-28(26)29/h6-9,12-15,22-24,29H,10-11,17-21H2,1-5H3,(H,32,34)/i5D. The van der Waals surface area contributed by atoms with E-state index in [-0.39, 0.29) is 38.1 Å². The van der Waals surface area contributed by atoms with Crippen LogP contribution in [0.3, 0.4) is 0 Å². The van der Waals surface area contributed by atoms with Crippen LogP contribution in [0.25, 0.3) is 11.1 Å².